The topological polar surface area (TPSA) is 0 Å². The van der Waals surface area contributed by atoms with Crippen LogP contribution in [0.25, 0.3) is 0 Å². The van der Waals surface area contributed by atoms with Gasteiger partial charge in [-0.2, -0.15) is 0 Å². The molecule has 0 aliphatic carbocycles. The van der Waals surface area contributed by atoms with Crippen LogP contribution in [0.1, 0.15) is 0 Å². The molecule has 0 amide bonds. The summed E-state index contributed by atoms with van der Waals surface area (Å²) in [5.41, 5.74) is 0. The molecule has 1 aromatic rings. The summed E-state index contributed by atoms with van der Waals surface area (Å²) in [6.45, 7) is 0. The Kier molecular flexibility index (Phi) is 2.27. The quantitative estimate of drug-likeness (QED) is 0.605. The van der Waals surface area contributed by atoms with Gasteiger partial charge in [-0.05, 0) is 0 Å². The molecule has 38 valence electrons. The molecule has 0 saturated heterocycles. The zero-order chi connectivity index (χ0) is 5.11. The second-order valence-electron chi connectivity index (χ2n) is 1.55. The maximum absolute atomic E-state index is 2.41. The Hall–Kier alpha value is 0.579. The molecule has 1 atom stereocenters. The van der Waals surface area contributed by atoms with Gasteiger partial charge in [0.1, 0.15) is 0 Å². The summed E-state index contributed by atoms with van der Waals surface area (Å²) in [6.07, 6.45) is 0. The van der Waals surface area contributed by atoms with Gasteiger partial charge in [0.2, 0.25) is 0 Å². The molecule has 1 heterocycles. The summed E-state index contributed by atoms with van der Waals surface area (Å²) in [7, 11) is 1.07. The molecule has 2 heteroatoms. The Morgan fingerprint density at radius 2 is 2.57 bits per heavy atom. The van der Waals surface area contributed by atoms with Crippen molar-refractivity contribution in [1.82, 2.24) is 0 Å². The first-order chi connectivity index (χ1) is 3.43. The van der Waals surface area contributed by atoms with E-state index < -0.39 is 0 Å². The van der Waals surface area contributed by atoms with Crippen LogP contribution in [0.2, 0.25) is 4.94 Å². The van der Waals surface area contributed by atoms with Gasteiger partial charge >= 0.3 is 55.5 Å². The van der Waals surface area contributed by atoms with Crippen molar-refractivity contribution < 1.29 is 0 Å². The molecular weight excluding hydrogens is 210 g/mol. The van der Waals surface area contributed by atoms with Gasteiger partial charge in [0, 0.05) is 0 Å². The van der Waals surface area contributed by atoms with E-state index in [2.05, 4.69) is 22.9 Å². The third-order valence-electron chi connectivity index (χ3n) is 1.04. The Balaban J connectivity index is 2.76. The first kappa shape index (κ1) is 5.71. The summed E-state index contributed by atoms with van der Waals surface area (Å²) in [5, 5.41) is 0. The average Bonchev–Trinajstić information content (AvgIpc) is 2.14. The minimum atomic E-state index is -0.324. The zero-order valence-corrected chi connectivity index (χ0v) is 9.48. The van der Waals surface area contributed by atoms with Crippen LogP contribution in [-0.2, 0) is 0 Å². The van der Waals surface area contributed by atoms with Crippen LogP contribution < -0.4 is 3.31 Å². The van der Waals surface area contributed by atoms with Crippen molar-refractivity contribution in [2.75, 3.05) is 0 Å². The molecule has 0 aromatic carbocycles. The van der Waals surface area contributed by atoms with Crippen molar-refractivity contribution in [1.29, 1.82) is 0 Å². The van der Waals surface area contributed by atoms with E-state index in [1.165, 1.54) is 0 Å². The van der Waals surface area contributed by atoms with Gasteiger partial charge < -0.3 is 0 Å². The van der Waals surface area contributed by atoms with Crippen molar-refractivity contribution in [2.45, 2.75) is 4.94 Å². The van der Waals surface area contributed by atoms with Gasteiger partial charge in [0.05, 0.1) is 0 Å². The van der Waals surface area contributed by atoms with Crippen LogP contribution in [0, 0.1) is 0 Å². The van der Waals surface area contributed by atoms with E-state index in [4.69, 9.17) is 0 Å². The fourth-order valence-corrected chi connectivity index (χ4v) is 5.21. The van der Waals surface area contributed by atoms with E-state index in [9.17, 15) is 0 Å². The summed E-state index contributed by atoms with van der Waals surface area (Å²) in [5.74, 6) is 2.27. The monoisotopic (exact) mass is 220 g/mol. The molecular formula is C5H9PSn. The van der Waals surface area contributed by atoms with Crippen LogP contribution in [0.5, 0.6) is 0 Å². The van der Waals surface area contributed by atoms with Crippen LogP contribution in [0.3, 0.4) is 0 Å². The van der Waals surface area contributed by atoms with E-state index in [0.29, 0.717) is 0 Å². The normalized spacial score (nSPS) is 12.1. The third kappa shape index (κ3) is 1.50. The SMILES string of the molecule is [CH3][SnH2][c]1ccc[pH]1. The minimum absolute atomic E-state index is 0.324. The van der Waals surface area contributed by atoms with Crippen molar-refractivity contribution in [3.63, 3.8) is 0 Å². The van der Waals surface area contributed by atoms with Crippen molar-refractivity contribution in [3.8, 4) is 0 Å². The molecule has 1 rings (SSSR count). The van der Waals surface area contributed by atoms with Gasteiger partial charge in [0.15, 0.2) is 0 Å². The molecule has 0 saturated carbocycles. The molecule has 1 unspecified atom stereocenters. The molecule has 0 radical (unpaired) electrons. The Morgan fingerprint density at radius 1 is 1.71 bits per heavy atom. The fourth-order valence-electron chi connectivity index (χ4n) is 0.587. The van der Waals surface area contributed by atoms with Gasteiger partial charge in [0.25, 0.3) is 0 Å². The van der Waals surface area contributed by atoms with Crippen LogP contribution in [-0.4, -0.2) is 21.1 Å². The summed E-state index contributed by atoms with van der Waals surface area (Å²) >= 11 is -0.324. The molecule has 7 heavy (non-hydrogen) atoms. The van der Waals surface area contributed by atoms with E-state index >= 15 is 0 Å². The molecule has 0 nitrogen and oxygen atoms in total. The molecule has 1 aromatic heterocycles. The van der Waals surface area contributed by atoms with Gasteiger partial charge in [-0.25, -0.2) is 0 Å². The van der Waals surface area contributed by atoms with Crippen LogP contribution in [0.15, 0.2) is 17.9 Å². The van der Waals surface area contributed by atoms with Gasteiger partial charge in [-0.1, -0.05) is 0 Å². The second kappa shape index (κ2) is 2.78. The maximum atomic E-state index is 2.41. The molecule has 0 aliphatic heterocycles. The van der Waals surface area contributed by atoms with Crippen molar-refractivity contribution in [2.24, 2.45) is 0 Å². The van der Waals surface area contributed by atoms with Crippen LogP contribution in [0.4, 0.5) is 0 Å². The Morgan fingerprint density at radius 3 is 2.86 bits per heavy atom. The molecule has 0 aliphatic rings. The standard InChI is InChI=1S/C4H4P.CH3.Sn.2H/c1-2-4-5-3-1;;;;/h1-3,5H;1H3;;;. The predicted octanol–water partition coefficient (Wildman–Crippen LogP) is 0.560. The van der Waals surface area contributed by atoms with Gasteiger partial charge in [-0.15, -0.1) is 0 Å². The van der Waals surface area contributed by atoms with E-state index in [1.54, 1.807) is 3.31 Å². The molecule has 0 spiro atoms. The first-order valence-electron chi connectivity index (χ1n) is 2.55. The fraction of sp³-hybridized carbons (Fsp3) is 0.200. The van der Waals surface area contributed by atoms with Gasteiger partial charge in [-0.3, -0.25) is 0 Å². The summed E-state index contributed by atoms with van der Waals surface area (Å²) in [6, 6.07) is 4.49. The molecule has 0 N–H and O–H groups in total. The van der Waals surface area contributed by atoms with E-state index in [1.807, 2.05) is 0 Å². The molecule has 0 fully saturated rings. The zero-order valence-electron chi connectivity index (χ0n) is 4.44. The van der Waals surface area contributed by atoms with Crippen molar-refractivity contribution in [3.05, 3.63) is 17.9 Å². The average molecular weight is 219 g/mol. The third-order valence-corrected chi connectivity index (χ3v) is 8.91. The number of rotatable bonds is 1. The predicted molar refractivity (Wildman–Crippen MR) is 40.0 cm³/mol. The Labute approximate surface area is 55.6 Å². The summed E-state index contributed by atoms with van der Waals surface area (Å²) in [4.78, 5) is 2.41. The van der Waals surface area contributed by atoms with E-state index in [-0.39, 0.29) is 21.1 Å². The Bertz CT molecular complexity index is 123. The summed E-state index contributed by atoms with van der Waals surface area (Å²) < 4.78 is 1.79. The first-order valence-corrected chi connectivity index (χ1v) is 9.69. The second-order valence-corrected chi connectivity index (χ2v) is 9.02. The van der Waals surface area contributed by atoms with Crippen molar-refractivity contribution >= 4 is 32.6 Å². The molecule has 0 bridgehead atoms. The van der Waals surface area contributed by atoms with E-state index in [0.717, 1.165) is 8.19 Å². The number of hydrogen-bond acceptors (Lipinski definition) is 0. The van der Waals surface area contributed by atoms with Crippen LogP contribution >= 0.6 is 8.19 Å². The number of hydrogen-bond donors (Lipinski definition) is 0.